The molecule has 0 saturated heterocycles. The van der Waals surface area contributed by atoms with Gasteiger partial charge in [0.1, 0.15) is 11.8 Å². The molecule has 0 spiro atoms. The van der Waals surface area contributed by atoms with Crippen molar-refractivity contribution in [3.05, 3.63) is 48.5 Å². The van der Waals surface area contributed by atoms with Crippen LogP contribution < -0.4 is 20.3 Å². The van der Waals surface area contributed by atoms with E-state index in [9.17, 15) is 9.59 Å². The zero-order chi connectivity index (χ0) is 18.4. The standard InChI is InChI=1S/C19H23N3O3/c1-13(19(24)21-16-7-11-18(25-4)12-8-16)20-15-5-9-17(10-6-15)22(3)14(2)23/h5-13,20H,1-4H3,(H,21,24). The third-order valence-corrected chi connectivity index (χ3v) is 3.86. The lowest BCUT2D eigenvalue weighted by atomic mass is 10.2. The molecule has 0 aliphatic carbocycles. The summed E-state index contributed by atoms with van der Waals surface area (Å²) >= 11 is 0. The van der Waals surface area contributed by atoms with E-state index in [-0.39, 0.29) is 11.8 Å². The van der Waals surface area contributed by atoms with Crippen LogP contribution in [0.3, 0.4) is 0 Å². The van der Waals surface area contributed by atoms with E-state index in [1.54, 1.807) is 50.2 Å². The largest absolute Gasteiger partial charge is 0.497 e. The second kappa shape index (κ2) is 8.19. The van der Waals surface area contributed by atoms with Crippen LogP contribution in [0.2, 0.25) is 0 Å². The van der Waals surface area contributed by atoms with Crippen LogP contribution in [0.1, 0.15) is 13.8 Å². The maximum Gasteiger partial charge on any atom is 0.246 e. The first kappa shape index (κ1) is 18.3. The Morgan fingerprint density at radius 2 is 1.56 bits per heavy atom. The second-order valence-electron chi connectivity index (χ2n) is 5.71. The van der Waals surface area contributed by atoms with E-state index in [4.69, 9.17) is 4.74 Å². The topological polar surface area (TPSA) is 70.7 Å². The van der Waals surface area contributed by atoms with Gasteiger partial charge in [-0.3, -0.25) is 9.59 Å². The highest BCUT2D eigenvalue weighted by Gasteiger charge is 2.13. The Kier molecular flexibility index (Phi) is 6.00. The van der Waals surface area contributed by atoms with E-state index in [0.29, 0.717) is 5.69 Å². The molecule has 132 valence electrons. The van der Waals surface area contributed by atoms with Crippen LogP contribution in [0.4, 0.5) is 17.1 Å². The van der Waals surface area contributed by atoms with Crippen molar-refractivity contribution in [1.82, 2.24) is 0 Å². The minimum absolute atomic E-state index is 0.0343. The number of methoxy groups -OCH3 is 1. The number of nitrogens with zero attached hydrogens (tertiary/aromatic N) is 1. The molecule has 0 fully saturated rings. The Morgan fingerprint density at radius 1 is 1.00 bits per heavy atom. The minimum atomic E-state index is -0.418. The Labute approximate surface area is 147 Å². The normalized spacial score (nSPS) is 11.4. The van der Waals surface area contributed by atoms with Crippen LogP contribution in [-0.4, -0.2) is 32.0 Å². The highest BCUT2D eigenvalue weighted by molar-refractivity contribution is 5.96. The molecular formula is C19H23N3O3. The van der Waals surface area contributed by atoms with Gasteiger partial charge in [-0.25, -0.2) is 0 Å². The van der Waals surface area contributed by atoms with Gasteiger partial charge in [0.15, 0.2) is 0 Å². The number of amides is 2. The van der Waals surface area contributed by atoms with E-state index in [0.717, 1.165) is 17.1 Å². The number of carbonyl (C=O) groups excluding carboxylic acids is 2. The molecule has 0 saturated carbocycles. The fourth-order valence-corrected chi connectivity index (χ4v) is 2.20. The summed E-state index contributed by atoms with van der Waals surface area (Å²) < 4.78 is 5.09. The molecule has 1 unspecified atom stereocenters. The number of nitrogens with one attached hydrogen (secondary N) is 2. The second-order valence-corrected chi connectivity index (χ2v) is 5.71. The number of hydrogen-bond donors (Lipinski definition) is 2. The number of anilines is 3. The van der Waals surface area contributed by atoms with E-state index in [1.807, 2.05) is 24.3 Å². The summed E-state index contributed by atoms with van der Waals surface area (Å²) in [6, 6.07) is 14.1. The zero-order valence-electron chi connectivity index (χ0n) is 14.9. The molecule has 0 radical (unpaired) electrons. The van der Waals surface area contributed by atoms with Gasteiger partial charge in [-0.2, -0.15) is 0 Å². The number of rotatable bonds is 6. The maximum absolute atomic E-state index is 12.3. The molecule has 0 aliphatic rings. The predicted molar refractivity (Wildman–Crippen MR) is 100 cm³/mol. The fraction of sp³-hybridized carbons (Fsp3) is 0.263. The van der Waals surface area contributed by atoms with E-state index in [2.05, 4.69) is 10.6 Å². The summed E-state index contributed by atoms with van der Waals surface area (Å²) in [6.07, 6.45) is 0. The first-order valence-corrected chi connectivity index (χ1v) is 7.96. The van der Waals surface area contributed by atoms with Gasteiger partial charge in [0.25, 0.3) is 0 Å². The Balaban J connectivity index is 1.94. The van der Waals surface area contributed by atoms with E-state index < -0.39 is 6.04 Å². The number of benzene rings is 2. The monoisotopic (exact) mass is 341 g/mol. The average molecular weight is 341 g/mol. The molecule has 6 heteroatoms. The molecule has 6 nitrogen and oxygen atoms in total. The van der Waals surface area contributed by atoms with Crippen molar-refractivity contribution in [3.63, 3.8) is 0 Å². The molecule has 0 aromatic heterocycles. The van der Waals surface area contributed by atoms with Crippen LogP contribution in [0.15, 0.2) is 48.5 Å². The fourth-order valence-electron chi connectivity index (χ4n) is 2.20. The molecule has 0 aliphatic heterocycles. The van der Waals surface area contributed by atoms with Gasteiger partial charge in [0, 0.05) is 31.0 Å². The SMILES string of the molecule is COc1ccc(NC(=O)C(C)Nc2ccc(N(C)C(C)=O)cc2)cc1. The lowest BCUT2D eigenvalue weighted by Gasteiger charge is -2.18. The number of hydrogen-bond acceptors (Lipinski definition) is 4. The van der Waals surface area contributed by atoms with Gasteiger partial charge in [0.05, 0.1) is 7.11 Å². The number of ether oxygens (including phenoxy) is 1. The minimum Gasteiger partial charge on any atom is -0.497 e. The van der Waals surface area contributed by atoms with Crippen molar-refractivity contribution in [2.75, 3.05) is 29.7 Å². The quantitative estimate of drug-likeness (QED) is 0.847. The van der Waals surface area contributed by atoms with Gasteiger partial charge in [0.2, 0.25) is 11.8 Å². The zero-order valence-corrected chi connectivity index (χ0v) is 14.9. The Hall–Kier alpha value is -3.02. The van der Waals surface area contributed by atoms with Crippen molar-refractivity contribution in [3.8, 4) is 5.75 Å². The molecular weight excluding hydrogens is 318 g/mol. The molecule has 2 amide bonds. The van der Waals surface area contributed by atoms with Crippen molar-refractivity contribution < 1.29 is 14.3 Å². The van der Waals surface area contributed by atoms with Crippen LogP contribution in [-0.2, 0) is 9.59 Å². The van der Waals surface area contributed by atoms with Gasteiger partial charge in [-0.1, -0.05) is 0 Å². The van der Waals surface area contributed by atoms with Gasteiger partial charge >= 0.3 is 0 Å². The first-order chi connectivity index (χ1) is 11.9. The summed E-state index contributed by atoms with van der Waals surface area (Å²) in [7, 11) is 3.31. The lowest BCUT2D eigenvalue weighted by molar-refractivity contribution is -0.117. The predicted octanol–water partition coefficient (Wildman–Crippen LogP) is 3.12. The Morgan fingerprint density at radius 3 is 2.08 bits per heavy atom. The van der Waals surface area contributed by atoms with Crippen LogP contribution in [0.25, 0.3) is 0 Å². The highest BCUT2D eigenvalue weighted by atomic mass is 16.5. The van der Waals surface area contributed by atoms with Crippen LogP contribution in [0, 0.1) is 0 Å². The van der Waals surface area contributed by atoms with Gasteiger partial charge in [-0.15, -0.1) is 0 Å². The average Bonchev–Trinajstić information content (AvgIpc) is 2.62. The Bertz CT molecular complexity index is 727. The number of carbonyl (C=O) groups is 2. The van der Waals surface area contributed by atoms with Crippen LogP contribution >= 0.6 is 0 Å². The lowest BCUT2D eigenvalue weighted by Crippen LogP contribution is -2.31. The molecule has 2 rings (SSSR count). The third kappa shape index (κ3) is 4.97. The van der Waals surface area contributed by atoms with Crippen molar-refractivity contribution in [1.29, 1.82) is 0 Å². The summed E-state index contributed by atoms with van der Waals surface area (Å²) in [5, 5.41) is 5.99. The summed E-state index contributed by atoms with van der Waals surface area (Å²) in [4.78, 5) is 25.2. The molecule has 2 aromatic rings. The molecule has 1 atom stereocenters. The summed E-state index contributed by atoms with van der Waals surface area (Å²) in [5.41, 5.74) is 2.31. The van der Waals surface area contributed by atoms with Crippen molar-refractivity contribution in [2.24, 2.45) is 0 Å². The molecule has 0 bridgehead atoms. The van der Waals surface area contributed by atoms with E-state index >= 15 is 0 Å². The van der Waals surface area contributed by atoms with Crippen molar-refractivity contribution in [2.45, 2.75) is 19.9 Å². The van der Waals surface area contributed by atoms with Gasteiger partial charge < -0.3 is 20.3 Å². The van der Waals surface area contributed by atoms with Crippen LogP contribution in [0.5, 0.6) is 5.75 Å². The van der Waals surface area contributed by atoms with Crippen molar-refractivity contribution >= 4 is 28.9 Å². The van der Waals surface area contributed by atoms with E-state index in [1.165, 1.54) is 6.92 Å². The molecule has 25 heavy (non-hydrogen) atoms. The molecule has 0 heterocycles. The maximum atomic E-state index is 12.3. The molecule has 2 aromatic carbocycles. The third-order valence-electron chi connectivity index (χ3n) is 3.86. The first-order valence-electron chi connectivity index (χ1n) is 7.96. The smallest absolute Gasteiger partial charge is 0.246 e. The summed E-state index contributed by atoms with van der Waals surface area (Å²) in [5.74, 6) is 0.558. The highest BCUT2D eigenvalue weighted by Crippen LogP contribution is 2.18. The van der Waals surface area contributed by atoms with Gasteiger partial charge in [-0.05, 0) is 55.5 Å². The summed E-state index contributed by atoms with van der Waals surface area (Å²) in [6.45, 7) is 3.30. The molecule has 2 N–H and O–H groups in total.